The summed E-state index contributed by atoms with van der Waals surface area (Å²) >= 11 is 0. The molecule has 2 aromatic rings. The lowest BCUT2D eigenvalue weighted by molar-refractivity contribution is 0.0781. The molecule has 3 N–H and O–H groups in total. The number of carbonyl (C=O) groups is 1. The molecule has 0 fully saturated rings. The first-order valence-corrected chi connectivity index (χ1v) is 5.97. The van der Waals surface area contributed by atoms with Crippen LogP contribution in [0.1, 0.15) is 27.6 Å². The highest BCUT2D eigenvalue weighted by atomic mass is 16.2. The summed E-state index contributed by atoms with van der Waals surface area (Å²) in [5.74, 6) is 1.26. The largest absolute Gasteiger partial charge is 0.399 e. The number of aromatic amines is 1. The van der Waals surface area contributed by atoms with Crippen molar-refractivity contribution in [3.05, 3.63) is 41.0 Å². The van der Waals surface area contributed by atoms with Crippen LogP contribution in [-0.2, 0) is 6.54 Å². The van der Waals surface area contributed by atoms with E-state index in [1.165, 1.54) is 0 Å². The number of nitrogens with zero attached hydrogens (tertiary/aromatic N) is 3. The number of hydrogen-bond donors (Lipinski definition) is 2. The Morgan fingerprint density at radius 1 is 1.42 bits per heavy atom. The predicted octanol–water partition coefficient (Wildman–Crippen LogP) is 1.28. The third-order valence-corrected chi connectivity index (χ3v) is 2.85. The zero-order valence-corrected chi connectivity index (χ0v) is 11.3. The molecule has 0 bridgehead atoms. The smallest absolute Gasteiger partial charge is 0.254 e. The van der Waals surface area contributed by atoms with Gasteiger partial charge in [0.25, 0.3) is 5.91 Å². The van der Waals surface area contributed by atoms with Gasteiger partial charge < -0.3 is 10.6 Å². The quantitative estimate of drug-likeness (QED) is 0.813. The summed E-state index contributed by atoms with van der Waals surface area (Å²) in [5, 5.41) is 6.77. The summed E-state index contributed by atoms with van der Waals surface area (Å²) in [6.45, 7) is 4.06. The van der Waals surface area contributed by atoms with Crippen molar-refractivity contribution in [2.75, 3.05) is 12.8 Å². The Balaban J connectivity index is 2.14. The number of nitrogen functional groups attached to an aromatic ring is 1. The summed E-state index contributed by atoms with van der Waals surface area (Å²) in [6, 6.07) is 5.26. The van der Waals surface area contributed by atoms with Gasteiger partial charge in [0.1, 0.15) is 5.82 Å². The van der Waals surface area contributed by atoms with E-state index in [1.54, 1.807) is 30.1 Å². The van der Waals surface area contributed by atoms with Gasteiger partial charge in [-0.1, -0.05) is 0 Å². The molecule has 1 heterocycles. The molecule has 100 valence electrons. The topological polar surface area (TPSA) is 87.9 Å². The molecule has 0 spiro atoms. The minimum Gasteiger partial charge on any atom is -0.399 e. The third kappa shape index (κ3) is 2.90. The maximum absolute atomic E-state index is 12.3. The molecular weight excluding hydrogens is 242 g/mol. The molecule has 6 heteroatoms. The van der Waals surface area contributed by atoms with Gasteiger partial charge in [0, 0.05) is 18.3 Å². The molecule has 6 nitrogen and oxygen atoms in total. The molecule has 2 rings (SSSR count). The minimum atomic E-state index is -0.0695. The number of amides is 1. The highest BCUT2D eigenvalue weighted by Crippen LogP contribution is 2.15. The highest BCUT2D eigenvalue weighted by molar-refractivity contribution is 5.95. The van der Waals surface area contributed by atoms with Crippen LogP contribution in [0.15, 0.2) is 18.2 Å². The van der Waals surface area contributed by atoms with Crippen LogP contribution in [0, 0.1) is 13.8 Å². The number of hydrogen-bond acceptors (Lipinski definition) is 4. The normalized spacial score (nSPS) is 10.5. The molecule has 0 atom stereocenters. The van der Waals surface area contributed by atoms with Gasteiger partial charge in [-0.3, -0.25) is 9.89 Å². The SMILES string of the molecule is Cc1nc(CN(C)C(=O)c2ccc(N)cc2C)n[nH]1. The molecule has 0 aliphatic heterocycles. The highest BCUT2D eigenvalue weighted by Gasteiger charge is 2.15. The van der Waals surface area contributed by atoms with E-state index in [0.29, 0.717) is 23.6 Å². The van der Waals surface area contributed by atoms with Crippen LogP contribution in [0.25, 0.3) is 0 Å². The number of aromatic nitrogens is 3. The molecule has 0 unspecified atom stereocenters. The Hall–Kier alpha value is -2.37. The van der Waals surface area contributed by atoms with Crippen molar-refractivity contribution in [1.29, 1.82) is 0 Å². The first kappa shape index (κ1) is 13.1. The third-order valence-electron chi connectivity index (χ3n) is 2.85. The first-order valence-electron chi connectivity index (χ1n) is 5.97. The average Bonchev–Trinajstić information content (AvgIpc) is 2.74. The fourth-order valence-corrected chi connectivity index (χ4v) is 1.88. The lowest BCUT2D eigenvalue weighted by Crippen LogP contribution is -2.27. The summed E-state index contributed by atoms with van der Waals surface area (Å²) in [7, 11) is 1.73. The zero-order valence-electron chi connectivity index (χ0n) is 11.3. The van der Waals surface area contributed by atoms with E-state index in [2.05, 4.69) is 15.2 Å². The standard InChI is InChI=1S/C13H17N5O/c1-8-6-10(14)4-5-11(8)13(19)18(3)7-12-15-9(2)16-17-12/h4-6H,7,14H2,1-3H3,(H,15,16,17). The van der Waals surface area contributed by atoms with Crippen molar-refractivity contribution < 1.29 is 4.79 Å². The number of rotatable bonds is 3. The van der Waals surface area contributed by atoms with Crippen LogP contribution >= 0.6 is 0 Å². The second-order valence-corrected chi connectivity index (χ2v) is 4.57. The first-order chi connectivity index (χ1) is 8.97. The number of carbonyl (C=O) groups excluding carboxylic acids is 1. The van der Waals surface area contributed by atoms with Gasteiger partial charge in [-0.05, 0) is 37.6 Å². The van der Waals surface area contributed by atoms with Crippen LogP contribution in [0.3, 0.4) is 0 Å². The lowest BCUT2D eigenvalue weighted by atomic mass is 10.1. The van der Waals surface area contributed by atoms with E-state index in [4.69, 9.17) is 5.73 Å². The fourth-order valence-electron chi connectivity index (χ4n) is 1.88. The molecule has 0 saturated carbocycles. The Morgan fingerprint density at radius 2 is 2.16 bits per heavy atom. The molecule has 1 aromatic carbocycles. The molecule has 19 heavy (non-hydrogen) atoms. The Morgan fingerprint density at radius 3 is 2.74 bits per heavy atom. The molecule has 0 aliphatic carbocycles. The van der Waals surface area contributed by atoms with Gasteiger partial charge in [-0.25, -0.2) is 4.98 Å². The van der Waals surface area contributed by atoms with Crippen molar-refractivity contribution in [3.8, 4) is 0 Å². The van der Waals surface area contributed by atoms with Gasteiger partial charge >= 0.3 is 0 Å². The van der Waals surface area contributed by atoms with Crippen molar-refractivity contribution in [1.82, 2.24) is 20.1 Å². The molecule has 1 amide bonds. The van der Waals surface area contributed by atoms with Crippen LogP contribution in [0.2, 0.25) is 0 Å². The van der Waals surface area contributed by atoms with Crippen LogP contribution in [0.4, 0.5) is 5.69 Å². The van der Waals surface area contributed by atoms with E-state index in [0.717, 1.165) is 11.4 Å². The van der Waals surface area contributed by atoms with E-state index in [1.807, 2.05) is 13.8 Å². The lowest BCUT2D eigenvalue weighted by Gasteiger charge is -2.16. The van der Waals surface area contributed by atoms with E-state index >= 15 is 0 Å². The van der Waals surface area contributed by atoms with Gasteiger partial charge in [-0.2, -0.15) is 5.10 Å². The predicted molar refractivity (Wildman–Crippen MR) is 72.5 cm³/mol. The Labute approximate surface area is 111 Å². The molecular formula is C13H17N5O. The van der Waals surface area contributed by atoms with Gasteiger partial charge in [0.15, 0.2) is 5.82 Å². The van der Waals surface area contributed by atoms with Crippen LogP contribution in [0.5, 0.6) is 0 Å². The maximum Gasteiger partial charge on any atom is 0.254 e. The second kappa shape index (κ2) is 5.09. The molecule has 0 radical (unpaired) electrons. The van der Waals surface area contributed by atoms with Gasteiger partial charge in [0.2, 0.25) is 0 Å². The van der Waals surface area contributed by atoms with Crippen molar-refractivity contribution >= 4 is 11.6 Å². The molecule has 0 aliphatic rings. The van der Waals surface area contributed by atoms with E-state index < -0.39 is 0 Å². The number of nitrogens with one attached hydrogen (secondary N) is 1. The summed E-state index contributed by atoms with van der Waals surface area (Å²) in [5.41, 5.74) is 7.84. The summed E-state index contributed by atoms with van der Waals surface area (Å²) < 4.78 is 0. The monoisotopic (exact) mass is 259 g/mol. The number of aryl methyl sites for hydroxylation is 2. The summed E-state index contributed by atoms with van der Waals surface area (Å²) in [4.78, 5) is 18.1. The number of benzene rings is 1. The Bertz CT molecular complexity index is 605. The van der Waals surface area contributed by atoms with Crippen LogP contribution < -0.4 is 5.73 Å². The minimum absolute atomic E-state index is 0.0695. The second-order valence-electron chi connectivity index (χ2n) is 4.57. The summed E-state index contributed by atoms with van der Waals surface area (Å²) in [6.07, 6.45) is 0. The Kier molecular flexibility index (Phi) is 3.50. The van der Waals surface area contributed by atoms with Crippen LogP contribution in [-0.4, -0.2) is 33.0 Å². The van der Waals surface area contributed by atoms with Crippen molar-refractivity contribution in [3.63, 3.8) is 0 Å². The number of nitrogens with two attached hydrogens (primary N) is 1. The number of H-pyrrole nitrogens is 1. The van der Waals surface area contributed by atoms with E-state index in [9.17, 15) is 4.79 Å². The van der Waals surface area contributed by atoms with Crippen molar-refractivity contribution in [2.45, 2.75) is 20.4 Å². The zero-order chi connectivity index (χ0) is 14.0. The molecule has 0 saturated heterocycles. The van der Waals surface area contributed by atoms with Crippen molar-refractivity contribution in [2.24, 2.45) is 0 Å². The van der Waals surface area contributed by atoms with Gasteiger partial charge in [-0.15, -0.1) is 0 Å². The maximum atomic E-state index is 12.3. The fraction of sp³-hybridized carbons (Fsp3) is 0.308. The number of anilines is 1. The van der Waals surface area contributed by atoms with E-state index in [-0.39, 0.29) is 5.91 Å². The average molecular weight is 259 g/mol. The van der Waals surface area contributed by atoms with Gasteiger partial charge in [0.05, 0.1) is 6.54 Å². The molecule has 1 aromatic heterocycles.